The molecule has 206 valence electrons. The van der Waals surface area contributed by atoms with Crippen LogP contribution in [-0.4, -0.2) is 57.2 Å². The molecule has 1 heterocycles. The number of nitrogens with zero attached hydrogens (tertiary/aromatic N) is 5. The maximum Gasteiger partial charge on any atom is 0.281 e. The van der Waals surface area contributed by atoms with Crippen molar-refractivity contribution in [2.45, 2.75) is 18.0 Å². The number of hydrogen-bond donors (Lipinski definition) is 2. The number of sulfonamides is 1. The largest absolute Gasteiger partial charge is 0.493 e. The summed E-state index contributed by atoms with van der Waals surface area (Å²) in [6.45, 7) is -0.497. The second kappa shape index (κ2) is 13.3. The molecule has 0 aliphatic rings. The third-order valence-corrected chi connectivity index (χ3v) is 7.61. The number of azo groups is 1. The molecule has 0 fully saturated rings. The number of hydrogen-bond acceptors (Lipinski definition) is 10. The maximum atomic E-state index is 13.1. The second-order valence-electron chi connectivity index (χ2n) is 8.01. The Bertz CT molecular complexity index is 1530. The molecule has 0 saturated heterocycles. The van der Waals surface area contributed by atoms with Crippen LogP contribution >= 0.6 is 11.6 Å². The van der Waals surface area contributed by atoms with Crippen LogP contribution in [-0.2, 0) is 32.6 Å². The lowest BCUT2D eigenvalue weighted by Gasteiger charge is -2.19. The number of ether oxygens (including phenoxy) is 2. The number of halogens is 1. The van der Waals surface area contributed by atoms with Gasteiger partial charge in [-0.2, -0.15) is 10.4 Å². The van der Waals surface area contributed by atoms with E-state index < -0.39 is 21.5 Å². The third-order valence-electron chi connectivity index (χ3n) is 5.56. The van der Waals surface area contributed by atoms with Gasteiger partial charge in [-0.15, -0.1) is 5.11 Å². The van der Waals surface area contributed by atoms with E-state index in [-0.39, 0.29) is 60.4 Å². The van der Waals surface area contributed by atoms with Crippen LogP contribution in [0.25, 0.3) is 0 Å². The summed E-state index contributed by atoms with van der Waals surface area (Å²) in [5.41, 5.74) is -0.476. The second-order valence-corrected chi connectivity index (χ2v) is 10.4. The lowest BCUT2D eigenvalue weighted by molar-refractivity contribution is 0.0853. The molecule has 1 aromatic heterocycles. The predicted molar refractivity (Wildman–Crippen MR) is 143 cm³/mol. The van der Waals surface area contributed by atoms with E-state index in [1.807, 2.05) is 6.07 Å². The molecule has 14 heteroatoms. The molecule has 3 rings (SSSR count). The summed E-state index contributed by atoms with van der Waals surface area (Å²) >= 11 is 5.89. The summed E-state index contributed by atoms with van der Waals surface area (Å²) < 4.78 is 38.4. The molecule has 0 saturated carbocycles. The van der Waals surface area contributed by atoms with E-state index >= 15 is 0 Å². The summed E-state index contributed by atoms with van der Waals surface area (Å²) in [6.07, 6.45) is 0. The Labute approximate surface area is 230 Å². The van der Waals surface area contributed by atoms with E-state index in [9.17, 15) is 23.6 Å². The highest BCUT2D eigenvalue weighted by Gasteiger charge is 2.23. The summed E-state index contributed by atoms with van der Waals surface area (Å²) in [6, 6.07) is 13.7. The van der Waals surface area contributed by atoms with Gasteiger partial charge in [0.15, 0.2) is 5.69 Å². The first kappa shape index (κ1) is 29.8. The molecule has 0 spiro atoms. The Balaban J connectivity index is 1.94. The van der Waals surface area contributed by atoms with E-state index in [4.69, 9.17) is 26.2 Å². The Hall–Kier alpha value is -3.80. The molecule has 0 radical (unpaired) electrons. The number of rotatable bonds is 12. The zero-order valence-electron chi connectivity index (χ0n) is 21.1. The number of methoxy groups -OCH3 is 1. The molecule has 12 nitrogen and oxygen atoms in total. The van der Waals surface area contributed by atoms with Crippen molar-refractivity contribution in [3.8, 4) is 11.9 Å². The quantitative estimate of drug-likeness (QED) is 0.244. The topological polar surface area (TPSA) is 167 Å². The van der Waals surface area contributed by atoms with Crippen molar-refractivity contribution in [1.29, 1.82) is 5.26 Å². The van der Waals surface area contributed by atoms with Gasteiger partial charge in [-0.3, -0.25) is 13.7 Å². The van der Waals surface area contributed by atoms with E-state index in [1.54, 1.807) is 24.3 Å². The predicted octanol–water partition coefficient (Wildman–Crippen LogP) is 3.47. The fourth-order valence-corrected chi connectivity index (χ4v) is 4.84. The Morgan fingerprint density at radius 3 is 2.36 bits per heavy atom. The molecule has 0 bridgehead atoms. The van der Waals surface area contributed by atoms with Gasteiger partial charge in [0, 0.05) is 24.7 Å². The highest BCUT2D eigenvalue weighted by Crippen LogP contribution is 2.29. The van der Waals surface area contributed by atoms with Gasteiger partial charge < -0.3 is 19.7 Å². The van der Waals surface area contributed by atoms with Gasteiger partial charge in [-0.1, -0.05) is 11.6 Å². The molecule has 2 N–H and O–H groups in total. The lowest BCUT2D eigenvalue weighted by Crippen LogP contribution is -2.26. The molecule has 0 aliphatic heterocycles. The Kier molecular flexibility index (Phi) is 10.2. The van der Waals surface area contributed by atoms with Crippen molar-refractivity contribution in [3.63, 3.8) is 0 Å². The summed E-state index contributed by atoms with van der Waals surface area (Å²) in [5, 5.41) is 37.6. The van der Waals surface area contributed by atoms with Crippen LogP contribution in [0.1, 0.15) is 11.1 Å². The number of nitriles is 1. The van der Waals surface area contributed by atoms with Crippen LogP contribution in [0, 0.1) is 11.3 Å². The highest BCUT2D eigenvalue weighted by atomic mass is 35.5. The van der Waals surface area contributed by atoms with Crippen LogP contribution in [0.5, 0.6) is 5.88 Å². The average Bonchev–Trinajstić information content (AvgIpc) is 2.93. The van der Waals surface area contributed by atoms with Crippen molar-refractivity contribution in [3.05, 3.63) is 75.0 Å². The number of aliphatic hydroxyl groups excluding tert-OH is 1. The monoisotopic (exact) mass is 575 g/mol. The van der Waals surface area contributed by atoms with E-state index in [1.165, 1.54) is 38.4 Å². The third kappa shape index (κ3) is 6.80. The fourth-order valence-electron chi connectivity index (χ4n) is 3.52. The number of aliphatic hydroxyl groups is 1. The van der Waals surface area contributed by atoms with Crippen LogP contribution in [0.2, 0.25) is 5.02 Å². The molecule has 0 atom stereocenters. The molecular formula is C25H26ClN5O7S. The van der Waals surface area contributed by atoms with Gasteiger partial charge in [0.05, 0.1) is 49.2 Å². The summed E-state index contributed by atoms with van der Waals surface area (Å²) in [5.74, 6) is -0.569. The standard InChI is InChI=1S/C25H26ClN5O7S/c1-30(19-7-3-17(26)4-8-19)39(35,36)20-9-5-18(6-10-20)28-29-23-22(16-37-2)21(15-27)24(33)31(25(23)34)11-13-38-14-12-32/h3-10,32-33H,11-14,16H2,1-2H3. The van der Waals surface area contributed by atoms with E-state index in [0.29, 0.717) is 10.7 Å². The zero-order chi connectivity index (χ0) is 28.6. The molecule has 0 unspecified atom stereocenters. The summed E-state index contributed by atoms with van der Waals surface area (Å²) in [7, 11) is -1.11. The van der Waals surface area contributed by atoms with Gasteiger partial charge in [-0.25, -0.2) is 8.42 Å². The van der Waals surface area contributed by atoms with E-state index in [2.05, 4.69) is 10.2 Å². The number of benzene rings is 2. The minimum Gasteiger partial charge on any atom is -0.493 e. The van der Waals surface area contributed by atoms with Crippen molar-refractivity contribution in [1.82, 2.24) is 4.57 Å². The van der Waals surface area contributed by atoms with Crippen molar-refractivity contribution < 1.29 is 28.1 Å². The summed E-state index contributed by atoms with van der Waals surface area (Å²) in [4.78, 5) is 13.1. The van der Waals surface area contributed by atoms with Gasteiger partial charge >= 0.3 is 0 Å². The Morgan fingerprint density at radius 1 is 1.10 bits per heavy atom. The normalized spacial score (nSPS) is 11.6. The lowest BCUT2D eigenvalue weighted by atomic mass is 10.1. The smallest absolute Gasteiger partial charge is 0.281 e. The molecule has 0 amide bonds. The van der Waals surface area contributed by atoms with Crippen molar-refractivity contribution >= 4 is 38.7 Å². The Morgan fingerprint density at radius 2 is 1.77 bits per heavy atom. The molecule has 3 aromatic rings. The minimum atomic E-state index is -3.89. The van der Waals surface area contributed by atoms with Gasteiger partial charge in [-0.05, 0) is 48.5 Å². The van der Waals surface area contributed by atoms with Gasteiger partial charge in [0.2, 0.25) is 5.88 Å². The van der Waals surface area contributed by atoms with Crippen LogP contribution in [0.15, 0.2) is 68.4 Å². The number of anilines is 1. The first-order valence-corrected chi connectivity index (χ1v) is 13.3. The van der Waals surface area contributed by atoms with Crippen LogP contribution in [0.3, 0.4) is 0 Å². The van der Waals surface area contributed by atoms with E-state index in [0.717, 1.165) is 8.87 Å². The zero-order valence-corrected chi connectivity index (χ0v) is 22.7. The maximum absolute atomic E-state index is 13.1. The van der Waals surface area contributed by atoms with Gasteiger partial charge in [0.1, 0.15) is 11.6 Å². The highest BCUT2D eigenvalue weighted by molar-refractivity contribution is 7.92. The number of aromatic hydroxyl groups is 1. The van der Waals surface area contributed by atoms with Crippen molar-refractivity contribution in [2.24, 2.45) is 10.2 Å². The first-order valence-electron chi connectivity index (χ1n) is 11.5. The fraction of sp³-hybridized carbons (Fsp3) is 0.280. The number of aromatic nitrogens is 1. The SMILES string of the molecule is COCc1c(C#N)c(O)n(CCOCCO)c(=O)c1N=Nc1ccc(S(=O)(=O)N(C)c2ccc(Cl)cc2)cc1. The molecule has 39 heavy (non-hydrogen) atoms. The van der Waals surface area contributed by atoms with Gasteiger partial charge in [0.25, 0.3) is 15.6 Å². The first-order chi connectivity index (χ1) is 18.6. The van der Waals surface area contributed by atoms with Crippen LogP contribution < -0.4 is 9.86 Å². The minimum absolute atomic E-state index is 0.000562. The molecule has 2 aromatic carbocycles. The van der Waals surface area contributed by atoms with Crippen LogP contribution in [0.4, 0.5) is 17.1 Å². The molecular weight excluding hydrogens is 550 g/mol. The number of pyridine rings is 1. The van der Waals surface area contributed by atoms with Crippen molar-refractivity contribution in [2.75, 3.05) is 38.3 Å². The molecule has 0 aliphatic carbocycles. The average molecular weight is 576 g/mol.